The predicted octanol–water partition coefficient (Wildman–Crippen LogP) is 2.20. The molecule has 0 aromatic heterocycles. The molecular weight excluding hydrogens is 314 g/mol. The molecule has 1 fully saturated rings. The Morgan fingerprint density at radius 3 is 2.92 bits per heavy atom. The minimum atomic E-state index is -0.0510. The van der Waals surface area contributed by atoms with E-state index in [0.29, 0.717) is 5.56 Å². The molecule has 0 aliphatic carbocycles. The van der Waals surface area contributed by atoms with Gasteiger partial charge in [-0.25, -0.2) is 0 Å². The standard InChI is InChI=1S/C20H25N3O2/c1-21-20(24)17-7-4-6-16(12-17)19-13-22-9-10-23(19)14-15-5-3-8-18(11-15)25-2/h3-8,11-12,19,22H,9-10,13-14H2,1-2H3,(H,21,24)/t19-/m0/s1. The Hall–Kier alpha value is -2.37. The SMILES string of the molecule is CNC(=O)c1cccc([C@@H]2CNCCN2Cc2cccc(OC)c2)c1. The summed E-state index contributed by atoms with van der Waals surface area (Å²) in [6.45, 7) is 3.66. The number of methoxy groups -OCH3 is 1. The average molecular weight is 339 g/mol. The van der Waals surface area contributed by atoms with E-state index in [-0.39, 0.29) is 11.9 Å². The topological polar surface area (TPSA) is 53.6 Å². The molecular formula is C20H25N3O2. The molecule has 5 heteroatoms. The van der Waals surface area contributed by atoms with Gasteiger partial charge in [0.25, 0.3) is 5.91 Å². The molecule has 2 aromatic rings. The quantitative estimate of drug-likeness (QED) is 0.877. The number of carbonyl (C=O) groups is 1. The van der Waals surface area contributed by atoms with E-state index >= 15 is 0 Å². The third-order valence-corrected chi connectivity index (χ3v) is 4.63. The van der Waals surface area contributed by atoms with E-state index in [2.05, 4.69) is 33.7 Å². The maximum Gasteiger partial charge on any atom is 0.251 e. The highest BCUT2D eigenvalue weighted by atomic mass is 16.5. The van der Waals surface area contributed by atoms with Gasteiger partial charge >= 0.3 is 0 Å². The Bertz CT molecular complexity index is 732. The van der Waals surface area contributed by atoms with Gasteiger partial charge in [-0.15, -0.1) is 0 Å². The van der Waals surface area contributed by atoms with E-state index in [9.17, 15) is 4.79 Å². The van der Waals surface area contributed by atoms with Gasteiger partial charge in [-0.1, -0.05) is 24.3 Å². The zero-order chi connectivity index (χ0) is 17.6. The highest BCUT2D eigenvalue weighted by molar-refractivity contribution is 5.94. The van der Waals surface area contributed by atoms with Gasteiger partial charge < -0.3 is 15.4 Å². The summed E-state index contributed by atoms with van der Waals surface area (Å²) >= 11 is 0. The van der Waals surface area contributed by atoms with Crippen LogP contribution in [0.25, 0.3) is 0 Å². The highest BCUT2D eigenvalue weighted by Crippen LogP contribution is 2.26. The largest absolute Gasteiger partial charge is 0.497 e. The first-order chi connectivity index (χ1) is 12.2. The Morgan fingerprint density at radius 1 is 1.28 bits per heavy atom. The summed E-state index contributed by atoms with van der Waals surface area (Å²) in [7, 11) is 3.35. The minimum absolute atomic E-state index is 0.0510. The smallest absolute Gasteiger partial charge is 0.251 e. The number of carbonyl (C=O) groups excluding carboxylic acids is 1. The molecule has 0 saturated carbocycles. The lowest BCUT2D eigenvalue weighted by molar-refractivity contribution is 0.0962. The van der Waals surface area contributed by atoms with Crippen LogP contribution < -0.4 is 15.4 Å². The number of hydrogen-bond donors (Lipinski definition) is 2. The summed E-state index contributed by atoms with van der Waals surface area (Å²) in [4.78, 5) is 14.4. The molecule has 5 nitrogen and oxygen atoms in total. The van der Waals surface area contributed by atoms with E-state index in [1.807, 2.05) is 30.3 Å². The van der Waals surface area contributed by atoms with Crippen LogP contribution >= 0.6 is 0 Å². The van der Waals surface area contributed by atoms with Crippen LogP contribution in [0.15, 0.2) is 48.5 Å². The second kappa shape index (κ2) is 8.14. The summed E-state index contributed by atoms with van der Waals surface area (Å²) < 4.78 is 5.33. The molecule has 25 heavy (non-hydrogen) atoms. The number of hydrogen-bond acceptors (Lipinski definition) is 4. The molecule has 1 heterocycles. The van der Waals surface area contributed by atoms with E-state index < -0.39 is 0 Å². The number of nitrogens with one attached hydrogen (secondary N) is 2. The Labute approximate surface area is 149 Å². The van der Waals surface area contributed by atoms with Gasteiger partial charge in [-0.05, 0) is 35.4 Å². The molecule has 2 N–H and O–H groups in total. The summed E-state index contributed by atoms with van der Waals surface area (Å²) in [6, 6.07) is 16.3. The summed E-state index contributed by atoms with van der Waals surface area (Å²) in [5.74, 6) is 0.829. The van der Waals surface area contributed by atoms with Crippen LogP contribution in [0, 0.1) is 0 Å². The summed E-state index contributed by atoms with van der Waals surface area (Å²) in [5, 5.41) is 6.16. The molecule has 1 atom stereocenters. The van der Waals surface area contributed by atoms with Crippen molar-refractivity contribution in [1.29, 1.82) is 0 Å². The van der Waals surface area contributed by atoms with Gasteiger partial charge in [0, 0.05) is 44.8 Å². The van der Waals surface area contributed by atoms with Crippen molar-refractivity contribution in [2.45, 2.75) is 12.6 Å². The maximum absolute atomic E-state index is 11.9. The molecule has 0 spiro atoms. The molecule has 3 rings (SSSR count). The van der Waals surface area contributed by atoms with Gasteiger partial charge in [0.1, 0.15) is 5.75 Å². The number of piperazine rings is 1. The van der Waals surface area contributed by atoms with Gasteiger partial charge in [0.05, 0.1) is 7.11 Å². The van der Waals surface area contributed by atoms with Crippen LogP contribution in [-0.2, 0) is 6.54 Å². The van der Waals surface area contributed by atoms with Crippen LogP contribution in [-0.4, -0.2) is 44.6 Å². The van der Waals surface area contributed by atoms with Gasteiger partial charge in [0.2, 0.25) is 0 Å². The van der Waals surface area contributed by atoms with Crippen LogP contribution in [0.2, 0.25) is 0 Å². The first-order valence-corrected chi connectivity index (χ1v) is 8.61. The number of rotatable bonds is 5. The van der Waals surface area contributed by atoms with Crippen molar-refractivity contribution in [1.82, 2.24) is 15.5 Å². The fourth-order valence-electron chi connectivity index (χ4n) is 3.30. The van der Waals surface area contributed by atoms with E-state index in [1.165, 1.54) is 5.56 Å². The first kappa shape index (κ1) is 17.5. The third kappa shape index (κ3) is 4.18. The lowest BCUT2D eigenvalue weighted by Gasteiger charge is -2.36. The van der Waals surface area contributed by atoms with Crippen molar-refractivity contribution in [2.75, 3.05) is 33.8 Å². The normalized spacial score (nSPS) is 17.9. The number of amides is 1. The molecule has 0 unspecified atom stereocenters. The van der Waals surface area contributed by atoms with Crippen LogP contribution in [0.4, 0.5) is 0 Å². The van der Waals surface area contributed by atoms with Gasteiger partial charge in [-0.3, -0.25) is 9.69 Å². The number of benzene rings is 2. The highest BCUT2D eigenvalue weighted by Gasteiger charge is 2.24. The predicted molar refractivity (Wildman–Crippen MR) is 98.8 cm³/mol. The lowest BCUT2D eigenvalue weighted by atomic mass is 9.99. The Kier molecular flexibility index (Phi) is 5.68. The molecule has 0 radical (unpaired) electrons. The molecule has 0 bridgehead atoms. The van der Waals surface area contributed by atoms with Crippen molar-refractivity contribution in [3.05, 3.63) is 65.2 Å². The number of nitrogens with zero attached hydrogens (tertiary/aromatic N) is 1. The van der Waals surface area contributed by atoms with Crippen LogP contribution in [0.1, 0.15) is 27.5 Å². The lowest BCUT2D eigenvalue weighted by Crippen LogP contribution is -2.45. The zero-order valence-electron chi connectivity index (χ0n) is 14.8. The molecule has 1 saturated heterocycles. The van der Waals surface area contributed by atoms with Gasteiger partial charge in [0.15, 0.2) is 0 Å². The fraction of sp³-hybridized carbons (Fsp3) is 0.350. The monoisotopic (exact) mass is 339 g/mol. The Morgan fingerprint density at radius 2 is 2.12 bits per heavy atom. The van der Waals surface area contributed by atoms with Crippen molar-refractivity contribution in [2.24, 2.45) is 0 Å². The molecule has 1 amide bonds. The number of ether oxygens (including phenoxy) is 1. The van der Waals surface area contributed by atoms with Crippen molar-refractivity contribution in [3.63, 3.8) is 0 Å². The van der Waals surface area contributed by atoms with Gasteiger partial charge in [-0.2, -0.15) is 0 Å². The summed E-state index contributed by atoms with van der Waals surface area (Å²) in [5.41, 5.74) is 3.09. The maximum atomic E-state index is 11.9. The first-order valence-electron chi connectivity index (χ1n) is 8.61. The second-order valence-corrected chi connectivity index (χ2v) is 6.25. The zero-order valence-corrected chi connectivity index (χ0v) is 14.8. The van der Waals surface area contributed by atoms with Crippen molar-refractivity contribution in [3.8, 4) is 5.75 Å². The molecule has 132 valence electrons. The molecule has 2 aromatic carbocycles. The summed E-state index contributed by atoms with van der Waals surface area (Å²) in [6.07, 6.45) is 0. The van der Waals surface area contributed by atoms with Crippen LogP contribution in [0.3, 0.4) is 0 Å². The minimum Gasteiger partial charge on any atom is -0.497 e. The Balaban J connectivity index is 1.82. The second-order valence-electron chi connectivity index (χ2n) is 6.25. The fourth-order valence-corrected chi connectivity index (χ4v) is 3.30. The van der Waals surface area contributed by atoms with Crippen LogP contribution in [0.5, 0.6) is 5.75 Å². The van der Waals surface area contributed by atoms with E-state index in [0.717, 1.165) is 37.5 Å². The molecule has 1 aliphatic rings. The molecule has 1 aliphatic heterocycles. The van der Waals surface area contributed by atoms with Crippen molar-refractivity contribution >= 4 is 5.91 Å². The van der Waals surface area contributed by atoms with Crippen molar-refractivity contribution < 1.29 is 9.53 Å². The van der Waals surface area contributed by atoms with E-state index in [1.54, 1.807) is 14.2 Å². The van der Waals surface area contributed by atoms with E-state index in [4.69, 9.17) is 4.74 Å². The average Bonchev–Trinajstić information content (AvgIpc) is 2.68. The third-order valence-electron chi connectivity index (χ3n) is 4.63.